The van der Waals surface area contributed by atoms with E-state index in [1.165, 1.54) is 12.1 Å². The fourth-order valence-corrected chi connectivity index (χ4v) is 3.38. The molecule has 0 bridgehead atoms. The lowest BCUT2D eigenvalue weighted by molar-refractivity contribution is -0.274. The summed E-state index contributed by atoms with van der Waals surface area (Å²) in [5.74, 6) is 0.636. The molecule has 0 aliphatic heterocycles. The van der Waals surface area contributed by atoms with Crippen LogP contribution in [0, 0.1) is 6.92 Å². The number of nitrogens with one attached hydrogen (secondary N) is 1. The number of alkyl halides is 3. The van der Waals surface area contributed by atoms with Crippen molar-refractivity contribution < 1.29 is 17.9 Å². The Morgan fingerprint density at radius 2 is 1.68 bits per heavy atom. The average Bonchev–Trinajstić information content (AvgIpc) is 3.00. The van der Waals surface area contributed by atoms with E-state index in [0.717, 1.165) is 40.4 Å². The number of imidazole rings is 1. The Balaban J connectivity index is 1.71. The first kappa shape index (κ1) is 22.7. The van der Waals surface area contributed by atoms with Crippen molar-refractivity contribution >= 4 is 23.5 Å². The zero-order valence-corrected chi connectivity index (χ0v) is 18.2. The zero-order chi connectivity index (χ0) is 22.6. The molecule has 3 aromatic rings. The summed E-state index contributed by atoms with van der Waals surface area (Å²) >= 11 is 6.07. The lowest BCUT2D eigenvalue weighted by atomic mass is 10.1. The highest BCUT2D eigenvalue weighted by atomic mass is 35.5. The second-order valence-electron chi connectivity index (χ2n) is 6.99. The van der Waals surface area contributed by atoms with Gasteiger partial charge in [0.05, 0.1) is 17.9 Å². The van der Waals surface area contributed by atoms with Gasteiger partial charge in [-0.3, -0.25) is 0 Å². The van der Waals surface area contributed by atoms with Gasteiger partial charge < -0.3 is 14.6 Å². The smallest absolute Gasteiger partial charge is 0.406 e. The number of ether oxygens (including phenoxy) is 1. The SMILES string of the molecule is CCc1nc(C)n(C=C(C)Cl)c1CNc1ccc(-c2ccc(OC(F)(F)F)cc2)cc1. The molecule has 4 nitrogen and oxygen atoms in total. The number of benzene rings is 2. The molecule has 0 saturated heterocycles. The van der Waals surface area contributed by atoms with Crippen molar-refractivity contribution in [1.29, 1.82) is 0 Å². The van der Waals surface area contributed by atoms with Crippen LogP contribution in [0.4, 0.5) is 18.9 Å². The van der Waals surface area contributed by atoms with Crippen molar-refractivity contribution in [3.63, 3.8) is 0 Å². The van der Waals surface area contributed by atoms with Crippen molar-refractivity contribution in [2.75, 3.05) is 5.32 Å². The number of hydrogen-bond donors (Lipinski definition) is 1. The third kappa shape index (κ3) is 6.04. The fraction of sp³-hybridized carbons (Fsp3) is 0.261. The molecule has 1 heterocycles. The normalized spacial score (nSPS) is 12.2. The van der Waals surface area contributed by atoms with Crippen molar-refractivity contribution in [1.82, 2.24) is 9.55 Å². The second-order valence-corrected chi connectivity index (χ2v) is 7.59. The number of aryl methyl sites for hydroxylation is 2. The van der Waals surface area contributed by atoms with Gasteiger partial charge in [-0.15, -0.1) is 13.2 Å². The third-order valence-corrected chi connectivity index (χ3v) is 4.77. The monoisotopic (exact) mass is 449 g/mol. The number of nitrogens with zero attached hydrogens (tertiary/aromatic N) is 2. The molecular formula is C23H23ClF3N3O. The molecule has 2 aromatic carbocycles. The van der Waals surface area contributed by atoms with Crippen LogP contribution in [0.3, 0.4) is 0 Å². The summed E-state index contributed by atoms with van der Waals surface area (Å²) < 4.78 is 42.8. The molecule has 164 valence electrons. The van der Waals surface area contributed by atoms with Crippen LogP contribution in [0.1, 0.15) is 31.1 Å². The summed E-state index contributed by atoms with van der Waals surface area (Å²) in [5, 5.41) is 4.07. The molecule has 0 aliphatic rings. The number of anilines is 1. The summed E-state index contributed by atoms with van der Waals surface area (Å²) in [6, 6.07) is 13.5. The van der Waals surface area contributed by atoms with E-state index in [9.17, 15) is 13.2 Å². The number of allylic oxidation sites excluding steroid dienone is 1. The largest absolute Gasteiger partial charge is 0.573 e. The molecule has 3 rings (SSSR count). The average molecular weight is 450 g/mol. The predicted molar refractivity (Wildman–Crippen MR) is 118 cm³/mol. The molecule has 0 aliphatic carbocycles. The minimum absolute atomic E-state index is 0.241. The maximum Gasteiger partial charge on any atom is 0.573 e. The Bertz CT molecular complexity index is 1050. The highest BCUT2D eigenvalue weighted by Crippen LogP contribution is 2.27. The highest BCUT2D eigenvalue weighted by Gasteiger charge is 2.30. The Kier molecular flexibility index (Phi) is 6.95. The first-order valence-electron chi connectivity index (χ1n) is 9.77. The molecule has 1 N–H and O–H groups in total. The second kappa shape index (κ2) is 9.47. The van der Waals surface area contributed by atoms with Crippen molar-refractivity contribution in [3.8, 4) is 16.9 Å². The highest BCUT2D eigenvalue weighted by molar-refractivity contribution is 6.30. The minimum Gasteiger partial charge on any atom is -0.406 e. The van der Waals surface area contributed by atoms with Gasteiger partial charge in [-0.25, -0.2) is 4.98 Å². The van der Waals surface area contributed by atoms with Gasteiger partial charge in [0.25, 0.3) is 0 Å². The van der Waals surface area contributed by atoms with Crippen LogP contribution < -0.4 is 10.1 Å². The molecule has 8 heteroatoms. The quantitative estimate of drug-likeness (QED) is 0.422. The lowest BCUT2D eigenvalue weighted by Crippen LogP contribution is -2.16. The molecule has 1 aromatic heterocycles. The van der Waals surface area contributed by atoms with Gasteiger partial charge in [0.15, 0.2) is 0 Å². The molecule has 0 unspecified atom stereocenters. The van der Waals surface area contributed by atoms with Gasteiger partial charge in [0.2, 0.25) is 0 Å². The maximum atomic E-state index is 12.3. The number of halogens is 4. The Labute approximate surface area is 184 Å². The van der Waals surface area contributed by atoms with Crippen LogP contribution in [0.15, 0.2) is 53.6 Å². The van der Waals surface area contributed by atoms with Gasteiger partial charge in [-0.2, -0.15) is 0 Å². The van der Waals surface area contributed by atoms with Crippen LogP contribution in [-0.4, -0.2) is 15.9 Å². The molecule has 0 atom stereocenters. The summed E-state index contributed by atoms with van der Waals surface area (Å²) in [6.45, 7) is 6.41. The standard InChI is InChI=1S/C23H23ClF3N3O/c1-4-21-22(30(14-15(2)24)16(3)29-21)13-28-19-9-5-17(6-10-19)18-7-11-20(12-8-18)31-23(25,26)27/h5-12,14,28H,4,13H2,1-3H3. The molecule has 0 spiro atoms. The summed E-state index contributed by atoms with van der Waals surface area (Å²) in [5.41, 5.74) is 4.66. The van der Waals surface area contributed by atoms with Crippen LogP contribution >= 0.6 is 11.6 Å². The van der Waals surface area contributed by atoms with Crippen LogP contribution in [0.25, 0.3) is 17.3 Å². The van der Waals surface area contributed by atoms with Gasteiger partial charge in [0, 0.05) is 16.9 Å². The number of aromatic nitrogens is 2. The van der Waals surface area contributed by atoms with E-state index in [2.05, 4.69) is 22.0 Å². The Morgan fingerprint density at radius 3 is 2.19 bits per heavy atom. The van der Waals surface area contributed by atoms with Crippen LogP contribution in [0.5, 0.6) is 5.75 Å². The van der Waals surface area contributed by atoms with Gasteiger partial charge in [-0.05, 0) is 55.7 Å². The third-order valence-electron chi connectivity index (χ3n) is 4.68. The van der Waals surface area contributed by atoms with Crippen molar-refractivity contribution in [2.24, 2.45) is 0 Å². The van der Waals surface area contributed by atoms with E-state index in [4.69, 9.17) is 11.6 Å². The molecule has 0 saturated carbocycles. The maximum absolute atomic E-state index is 12.3. The topological polar surface area (TPSA) is 39.1 Å². The van der Waals surface area contributed by atoms with Crippen molar-refractivity contribution in [3.05, 3.63) is 70.8 Å². The lowest BCUT2D eigenvalue weighted by Gasteiger charge is -2.12. The van der Waals surface area contributed by atoms with E-state index >= 15 is 0 Å². The summed E-state index contributed by atoms with van der Waals surface area (Å²) in [6.07, 6.45) is -2.03. The van der Waals surface area contributed by atoms with E-state index in [1.807, 2.05) is 48.9 Å². The first-order chi connectivity index (χ1) is 14.7. The molecule has 31 heavy (non-hydrogen) atoms. The Morgan fingerprint density at radius 1 is 1.10 bits per heavy atom. The molecule has 0 fully saturated rings. The van der Waals surface area contributed by atoms with Crippen LogP contribution in [-0.2, 0) is 13.0 Å². The number of rotatable bonds is 7. The van der Waals surface area contributed by atoms with E-state index < -0.39 is 6.36 Å². The zero-order valence-electron chi connectivity index (χ0n) is 17.4. The van der Waals surface area contributed by atoms with Gasteiger partial charge in [-0.1, -0.05) is 42.8 Å². The van der Waals surface area contributed by atoms with Crippen molar-refractivity contribution in [2.45, 2.75) is 40.1 Å². The summed E-state index contributed by atoms with van der Waals surface area (Å²) in [4.78, 5) is 4.62. The first-order valence-corrected chi connectivity index (χ1v) is 10.1. The van der Waals surface area contributed by atoms with E-state index in [-0.39, 0.29) is 5.75 Å². The summed E-state index contributed by atoms with van der Waals surface area (Å²) in [7, 11) is 0. The molecule has 0 amide bonds. The Hall–Kier alpha value is -2.93. The molecule has 0 radical (unpaired) electrons. The van der Waals surface area contributed by atoms with E-state index in [1.54, 1.807) is 12.1 Å². The molecular weight excluding hydrogens is 427 g/mol. The van der Waals surface area contributed by atoms with Gasteiger partial charge >= 0.3 is 6.36 Å². The van der Waals surface area contributed by atoms with Gasteiger partial charge in [0.1, 0.15) is 11.6 Å². The van der Waals surface area contributed by atoms with Crippen LogP contribution in [0.2, 0.25) is 0 Å². The predicted octanol–water partition coefficient (Wildman–Crippen LogP) is 6.99. The minimum atomic E-state index is -4.70. The fourth-order valence-electron chi connectivity index (χ4n) is 3.28. The van der Waals surface area contributed by atoms with E-state index in [0.29, 0.717) is 11.6 Å². The number of hydrogen-bond acceptors (Lipinski definition) is 3.